The summed E-state index contributed by atoms with van der Waals surface area (Å²) in [4.78, 5) is 4.49. The van der Waals surface area contributed by atoms with E-state index in [0.29, 0.717) is 0 Å². The largest absolute Gasteiger partial charge is 0.305 e. The molecule has 1 atom stereocenters. The van der Waals surface area contributed by atoms with Crippen LogP contribution in [0.2, 0.25) is 0 Å². The van der Waals surface area contributed by atoms with Crippen molar-refractivity contribution in [1.29, 1.82) is 0 Å². The van der Waals surface area contributed by atoms with Crippen LogP contribution in [0.5, 0.6) is 0 Å². The maximum Gasteiger partial charge on any atom is 0.123 e. The lowest BCUT2D eigenvalue weighted by Gasteiger charge is -2.16. The molecule has 2 aromatic rings. The lowest BCUT2D eigenvalue weighted by molar-refractivity contribution is 0.606. The van der Waals surface area contributed by atoms with E-state index in [1.165, 1.54) is 12.1 Å². The van der Waals surface area contributed by atoms with Crippen molar-refractivity contribution in [2.45, 2.75) is 19.9 Å². The molecule has 2 rings (SSSR count). The number of benzene rings is 1. The van der Waals surface area contributed by atoms with E-state index < -0.39 is 0 Å². The van der Waals surface area contributed by atoms with Crippen LogP contribution in [0.3, 0.4) is 0 Å². The summed E-state index contributed by atoms with van der Waals surface area (Å²) in [5.74, 6) is -0.210. The molecule has 0 bridgehead atoms. The molecule has 0 aliphatic heterocycles. The van der Waals surface area contributed by atoms with Gasteiger partial charge in [-0.3, -0.25) is 0 Å². The SMILES string of the molecule is CCNC(c1ccc(F)cc1)c1csc(C)n1. The first-order valence-electron chi connectivity index (χ1n) is 5.61. The molecule has 1 N–H and O–H groups in total. The minimum atomic E-state index is -0.210. The normalized spacial score (nSPS) is 12.6. The molecule has 1 heterocycles. The molecule has 0 amide bonds. The predicted molar refractivity (Wildman–Crippen MR) is 68.8 cm³/mol. The quantitative estimate of drug-likeness (QED) is 0.900. The van der Waals surface area contributed by atoms with Crippen LogP contribution in [0.1, 0.15) is 29.2 Å². The van der Waals surface area contributed by atoms with E-state index in [1.54, 1.807) is 23.5 Å². The third-order valence-corrected chi connectivity index (χ3v) is 3.34. The Morgan fingerprint density at radius 3 is 2.59 bits per heavy atom. The highest BCUT2D eigenvalue weighted by Gasteiger charge is 2.15. The number of aryl methyl sites for hydroxylation is 1. The minimum absolute atomic E-state index is 0.0468. The maximum atomic E-state index is 12.9. The zero-order valence-electron chi connectivity index (χ0n) is 9.90. The van der Waals surface area contributed by atoms with E-state index in [0.717, 1.165) is 22.8 Å². The van der Waals surface area contributed by atoms with Crippen LogP contribution in [0.15, 0.2) is 29.6 Å². The number of halogens is 1. The van der Waals surface area contributed by atoms with E-state index in [-0.39, 0.29) is 11.9 Å². The second kappa shape index (κ2) is 5.38. The highest BCUT2D eigenvalue weighted by atomic mass is 32.1. The van der Waals surface area contributed by atoms with Gasteiger partial charge in [0.25, 0.3) is 0 Å². The van der Waals surface area contributed by atoms with Crippen LogP contribution in [0.4, 0.5) is 4.39 Å². The molecule has 0 spiro atoms. The van der Waals surface area contributed by atoms with Gasteiger partial charge in [-0.05, 0) is 31.2 Å². The van der Waals surface area contributed by atoms with Crippen molar-refractivity contribution in [3.63, 3.8) is 0 Å². The van der Waals surface area contributed by atoms with Crippen molar-refractivity contribution in [2.24, 2.45) is 0 Å². The number of nitrogens with one attached hydrogen (secondary N) is 1. The molecule has 0 saturated heterocycles. The first-order valence-corrected chi connectivity index (χ1v) is 6.49. The van der Waals surface area contributed by atoms with Crippen molar-refractivity contribution in [2.75, 3.05) is 6.54 Å². The van der Waals surface area contributed by atoms with Crippen LogP contribution in [0, 0.1) is 12.7 Å². The summed E-state index contributed by atoms with van der Waals surface area (Å²) in [7, 11) is 0. The summed E-state index contributed by atoms with van der Waals surface area (Å²) in [6, 6.07) is 6.62. The molecule has 0 saturated carbocycles. The van der Waals surface area contributed by atoms with Gasteiger partial charge in [-0.2, -0.15) is 0 Å². The highest BCUT2D eigenvalue weighted by Crippen LogP contribution is 2.23. The number of hydrogen-bond acceptors (Lipinski definition) is 3. The Morgan fingerprint density at radius 1 is 1.35 bits per heavy atom. The molecule has 0 radical (unpaired) electrons. The van der Waals surface area contributed by atoms with E-state index >= 15 is 0 Å². The number of aromatic nitrogens is 1. The van der Waals surface area contributed by atoms with Crippen LogP contribution in [-0.4, -0.2) is 11.5 Å². The third kappa shape index (κ3) is 2.90. The fraction of sp³-hybridized carbons (Fsp3) is 0.308. The second-order valence-corrected chi connectivity index (χ2v) is 4.90. The Kier molecular flexibility index (Phi) is 3.86. The average molecular weight is 250 g/mol. The van der Waals surface area contributed by atoms with Crippen LogP contribution in [-0.2, 0) is 0 Å². The van der Waals surface area contributed by atoms with E-state index in [9.17, 15) is 4.39 Å². The molecule has 1 unspecified atom stereocenters. The van der Waals surface area contributed by atoms with Gasteiger partial charge in [0.05, 0.1) is 16.7 Å². The first kappa shape index (κ1) is 12.2. The topological polar surface area (TPSA) is 24.9 Å². The second-order valence-electron chi connectivity index (χ2n) is 3.83. The van der Waals surface area contributed by atoms with E-state index in [2.05, 4.69) is 17.2 Å². The molecule has 4 heteroatoms. The number of nitrogens with zero attached hydrogens (tertiary/aromatic N) is 1. The molecule has 1 aromatic carbocycles. The van der Waals surface area contributed by atoms with E-state index in [4.69, 9.17) is 0 Å². The molecule has 0 fully saturated rings. The fourth-order valence-corrected chi connectivity index (χ4v) is 2.40. The molecular formula is C13H15FN2S. The van der Waals surface area contributed by atoms with Gasteiger partial charge in [0.1, 0.15) is 5.82 Å². The average Bonchev–Trinajstić information content (AvgIpc) is 2.74. The zero-order valence-corrected chi connectivity index (χ0v) is 10.7. The van der Waals surface area contributed by atoms with Gasteiger partial charge in [-0.1, -0.05) is 19.1 Å². The molecular weight excluding hydrogens is 235 g/mol. The number of rotatable bonds is 4. The minimum Gasteiger partial charge on any atom is -0.305 e. The van der Waals surface area contributed by atoms with Gasteiger partial charge in [-0.25, -0.2) is 9.37 Å². The Balaban J connectivity index is 2.31. The van der Waals surface area contributed by atoms with Crippen LogP contribution in [0.25, 0.3) is 0 Å². The van der Waals surface area contributed by atoms with Crippen LogP contribution < -0.4 is 5.32 Å². The Labute approximate surface area is 105 Å². The summed E-state index contributed by atoms with van der Waals surface area (Å²) in [6.45, 7) is 4.89. The zero-order chi connectivity index (χ0) is 12.3. The predicted octanol–water partition coefficient (Wildman–Crippen LogP) is 3.29. The summed E-state index contributed by atoms with van der Waals surface area (Å²) in [5.41, 5.74) is 2.04. The van der Waals surface area contributed by atoms with Gasteiger partial charge in [-0.15, -0.1) is 11.3 Å². The molecule has 2 nitrogen and oxygen atoms in total. The van der Waals surface area contributed by atoms with Crippen molar-refractivity contribution in [1.82, 2.24) is 10.3 Å². The Morgan fingerprint density at radius 2 is 2.06 bits per heavy atom. The molecule has 0 aliphatic rings. The summed E-state index contributed by atoms with van der Waals surface area (Å²) < 4.78 is 12.9. The summed E-state index contributed by atoms with van der Waals surface area (Å²) in [5, 5.41) is 6.46. The van der Waals surface area contributed by atoms with Gasteiger partial charge >= 0.3 is 0 Å². The smallest absolute Gasteiger partial charge is 0.123 e. The van der Waals surface area contributed by atoms with Crippen LogP contribution >= 0.6 is 11.3 Å². The van der Waals surface area contributed by atoms with Gasteiger partial charge in [0, 0.05) is 5.38 Å². The Hall–Kier alpha value is -1.26. The van der Waals surface area contributed by atoms with Crippen molar-refractivity contribution >= 4 is 11.3 Å². The van der Waals surface area contributed by atoms with Crippen molar-refractivity contribution < 1.29 is 4.39 Å². The van der Waals surface area contributed by atoms with Gasteiger partial charge in [0.2, 0.25) is 0 Å². The van der Waals surface area contributed by atoms with Gasteiger partial charge < -0.3 is 5.32 Å². The summed E-state index contributed by atoms with van der Waals surface area (Å²) >= 11 is 1.63. The van der Waals surface area contributed by atoms with Gasteiger partial charge in [0.15, 0.2) is 0 Å². The number of thiazole rings is 1. The lowest BCUT2D eigenvalue weighted by Crippen LogP contribution is -2.22. The first-order chi connectivity index (χ1) is 8.20. The number of hydrogen-bond donors (Lipinski definition) is 1. The highest BCUT2D eigenvalue weighted by molar-refractivity contribution is 7.09. The molecule has 90 valence electrons. The molecule has 17 heavy (non-hydrogen) atoms. The third-order valence-electron chi connectivity index (χ3n) is 2.54. The standard InChI is InChI=1S/C13H15FN2S/c1-3-15-13(12-8-17-9(2)16-12)10-4-6-11(14)7-5-10/h4-8,13,15H,3H2,1-2H3. The maximum absolute atomic E-state index is 12.9. The lowest BCUT2D eigenvalue weighted by atomic mass is 10.0. The molecule has 1 aromatic heterocycles. The Bertz CT molecular complexity index is 478. The summed E-state index contributed by atoms with van der Waals surface area (Å²) in [6.07, 6.45) is 0. The monoisotopic (exact) mass is 250 g/mol. The van der Waals surface area contributed by atoms with Crippen molar-refractivity contribution in [3.8, 4) is 0 Å². The molecule has 0 aliphatic carbocycles. The van der Waals surface area contributed by atoms with E-state index in [1.807, 2.05) is 12.3 Å². The van der Waals surface area contributed by atoms with Crippen molar-refractivity contribution in [3.05, 3.63) is 51.7 Å². The fourth-order valence-electron chi connectivity index (χ4n) is 1.77.